The van der Waals surface area contributed by atoms with Crippen LogP contribution in [0.5, 0.6) is 0 Å². The minimum Gasteiger partial charge on any atom is -0.452 e. The standard InChI is InChI=1S/C21H29N3O4/c1-16(2)22-21(27)23-19(25)15-28-20(26)12-9-17-7-10-18(11-8-17)24-13-5-3-4-6-14-24/h7-12,16H,3-6,13-15H2,1-2H3,(H2,22,23,25,27)/b12-9+. The van der Waals surface area contributed by atoms with Gasteiger partial charge in [-0.3, -0.25) is 10.1 Å². The number of hydrogen-bond donors (Lipinski definition) is 2. The maximum Gasteiger partial charge on any atom is 0.331 e. The first-order valence-electron chi connectivity index (χ1n) is 9.74. The van der Waals surface area contributed by atoms with E-state index in [2.05, 4.69) is 27.7 Å². The molecule has 1 saturated heterocycles. The molecule has 0 aromatic heterocycles. The van der Waals surface area contributed by atoms with Crippen molar-refractivity contribution in [2.24, 2.45) is 0 Å². The van der Waals surface area contributed by atoms with Crippen LogP contribution in [0.2, 0.25) is 0 Å². The molecule has 28 heavy (non-hydrogen) atoms. The third-order valence-electron chi connectivity index (χ3n) is 4.29. The molecule has 0 atom stereocenters. The molecule has 0 radical (unpaired) electrons. The fourth-order valence-electron chi connectivity index (χ4n) is 2.94. The number of nitrogens with one attached hydrogen (secondary N) is 2. The molecule has 1 aliphatic rings. The monoisotopic (exact) mass is 387 g/mol. The molecule has 1 aromatic carbocycles. The van der Waals surface area contributed by atoms with E-state index in [1.165, 1.54) is 37.4 Å². The van der Waals surface area contributed by atoms with Crippen LogP contribution in [-0.4, -0.2) is 43.6 Å². The summed E-state index contributed by atoms with van der Waals surface area (Å²) in [7, 11) is 0. The Morgan fingerprint density at radius 3 is 2.32 bits per heavy atom. The molecule has 1 heterocycles. The lowest BCUT2D eigenvalue weighted by molar-refractivity contribution is -0.143. The minimum atomic E-state index is -0.679. The van der Waals surface area contributed by atoms with E-state index in [1.807, 2.05) is 12.1 Å². The highest BCUT2D eigenvalue weighted by Gasteiger charge is 2.11. The van der Waals surface area contributed by atoms with Gasteiger partial charge in [0.05, 0.1) is 0 Å². The average molecular weight is 387 g/mol. The van der Waals surface area contributed by atoms with Crippen LogP contribution in [0.3, 0.4) is 0 Å². The second-order valence-electron chi connectivity index (χ2n) is 7.11. The van der Waals surface area contributed by atoms with Gasteiger partial charge in [0.2, 0.25) is 0 Å². The predicted octanol–water partition coefficient (Wildman–Crippen LogP) is 2.86. The Morgan fingerprint density at radius 1 is 1.07 bits per heavy atom. The second-order valence-corrected chi connectivity index (χ2v) is 7.11. The zero-order valence-corrected chi connectivity index (χ0v) is 16.6. The maximum atomic E-state index is 11.7. The predicted molar refractivity (Wildman–Crippen MR) is 109 cm³/mol. The summed E-state index contributed by atoms with van der Waals surface area (Å²) in [6.45, 7) is 5.20. The van der Waals surface area contributed by atoms with Crippen molar-refractivity contribution in [3.8, 4) is 0 Å². The summed E-state index contributed by atoms with van der Waals surface area (Å²) in [5, 5.41) is 4.60. The molecule has 0 aliphatic carbocycles. The van der Waals surface area contributed by atoms with Crippen molar-refractivity contribution in [3.63, 3.8) is 0 Å². The van der Waals surface area contributed by atoms with Crippen molar-refractivity contribution in [1.29, 1.82) is 0 Å². The van der Waals surface area contributed by atoms with Gasteiger partial charge in [0, 0.05) is 30.9 Å². The lowest BCUT2D eigenvalue weighted by atomic mass is 10.1. The summed E-state index contributed by atoms with van der Waals surface area (Å²) >= 11 is 0. The number of imide groups is 1. The van der Waals surface area contributed by atoms with Gasteiger partial charge in [0.15, 0.2) is 6.61 Å². The maximum absolute atomic E-state index is 11.7. The van der Waals surface area contributed by atoms with E-state index >= 15 is 0 Å². The molecule has 1 aromatic rings. The molecule has 2 N–H and O–H groups in total. The van der Waals surface area contributed by atoms with Crippen LogP contribution in [-0.2, 0) is 14.3 Å². The van der Waals surface area contributed by atoms with Crippen LogP contribution in [0.4, 0.5) is 10.5 Å². The first-order valence-corrected chi connectivity index (χ1v) is 9.74. The van der Waals surface area contributed by atoms with E-state index in [0.717, 1.165) is 18.7 Å². The third kappa shape index (κ3) is 7.82. The van der Waals surface area contributed by atoms with Gasteiger partial charge in [0.25, 0.3) is 5.91 Å². The van der Waals surface area contributed by atoms with Gasteiger partial charge >= 0.3 is 12.0 Å². The number of ether oxygens (including phenoxy) is 1. The minimum absolute atomic E-state index is 0.0935. The zero-order valence-electron chi connectivity index (χ0n) is 16.6. The molecule has 2 rings (SSSR count). The van der Waals surface area contributed by atoms with Crippen LogP contribution in [0.1, 0.15) is 45.1 Å². The van der Waals surface area contributed by atoms with Crippen LogP contribution < -0.4 is 15.5 Å². The van der Waals surface area contributed by atoms with E-state index < -0.39 is 24.5 Å². The van der Waals surface area contributed by atoms with E-state index in [0.29, 0.717) is 0 Å². The molecule has 3 amide bonds. The van der Waals surface area contributed by atoms with Crippen molar-refractivity contribution < 1.29 is 19.1 Å². The highest BCUT2D eigenvalue weighted by Crippen LogP contribution is 2.20. The quantitative estimate of drug-likeness (QED) is 0.579. The Kier molecular flexibility index (Phi) is 8.52. The number of hydrogen-bond acceptors (Lipinski definition) is 5. The van der Waals surface area contributed by atoms with Crippen molar-refractivity contribution in [2.45, 2.75) is 45.6 Å². The van der Waals surface area contributed by atoms with Gasteiger partial charge in [-0.05, 0) is 50.5 Å². The van der Waals surface area contributed by atoms with Gasteiger partial charge < -0.3 is 15.0 Å². The second kappa shape index (κ2) is 11.1. The van der Waals surface area contributed by atoms with Crippen LogP contribution in [0.25, 0.3) is 6.08 Å². The third-order valence-corrected chi connectivity index (χ3v) is 4.29. The number of nitrogens with zero attached hydrogens (tertiary/aromatic N) is 1. The zero-order chi connectivity index (χ0) is 20.4. The first kappa shape index (κ1) is 21.5. The number of urea groups is 1. The normalized spacial score (nSPS) is 14.6. The molecule has 1 fully saturated rings. The number of carbonyl (C=O) groups is 3. The lowest BCUT2D eigenvalue weighted by Gasteiger charge is -2.22. The summed E-state index contributed by atoms with van der Waals surface area (Å²) in [6.07, 6.45) is 7.93. The Balaban J connectivity index is 1.77. The lowest BCUT2D eigenvalue weighted by Crippen LogP contribution is -2.43. The fraction of sp³-hybridized carbons (Fsp3) is 0.476. The Bertz CT molecular complexity index is 690. The summed E-state index contributed by atoms with van der Waals surface area (Å²) < 4.78 is 4.84. The largest absolute Gasteiger partial charge is 0.452 e. The van der Waals surface area contributed by atoms with E-state index in [4.69, 9.17) is 4.74 Å². The van der Waals surface area contributed by atoms with Gasteiger partial charge in [-0.2, -0.15) is 0 Å². The Labute approximate surface area is 166 Å². The molecule has 0 bridgehead atoms. The Hall–Kier alpha value is -2.83. The first-order chi connectivity index (χ1) is 13.4. The van der Waals surface area contributed by atoms with Crippen LogP contribution in [0, 0.1) is 0 Å². The van der Waals surface area contributed by atoms with Gasteiger partial charge in [-0.15, -0.1) is 0 Å². The summed E-state index contributed by atoms with van der Waals surface area (Å²) in [5.74, 6) is -1.32. The van der Waals surface area contributed by atoms with Crippen molar-refractivity contribution in [2.75, 3.05) is 24.6 Å². The van der Waals surface area contributed by atoms with E-state index in [9.17, 15) is 14.4 Å². The molecular formula is C21H29N3O4. The number of benzene rings is 1. The molecule has 7 heteroatoms. The van der Waals surface area contributed by atoms with Crippen molar-refractivity contribution >= 4 is 29.7 Å². The SMILES string of the molecule is CC(C)NC(=O)NC(=O)COC(=O)/C=C/c1ccc(N2CCCCCC2)cc1. The average Bonchev–Trinajstić information content (AvgIpc) is 2.94. The number of amides is 3. The molecule has 0 spiro atoms. The summed E-state index contributed by atoms with van der Waals surface area (Å²) in [6, 6.07) is 7.30. The number of esters is 1. The summed E-state index contributed by atoms with van der Waals surface area (Å²) in [5.41, 5.74) is 2.06. The number of anilines is 1. The highest BCUT2D eigenvalue weighted by atomic mass is 16.5. The molecule has 1 aliphatic heterocycles. The summed E-state index contributed by atoms with van der Waals surface area (Å²) in [4.78, 5) is 37.1. The van der Waals surface area contributed by atoms with Crippen molar-refractivity contribution in [3.05, 3.63) is 35.9 Å². The highest BCUT2D eigenvalue weighted by molar-refractivity contribution is 5.96. The molecule has 152 valence electrons. The fourth-order valence-corrected chi connectivity index (χ4v) is 2.94. The molecule has 0 unspecified atom stereocenters. The topological polar surface area (TPSA) is 87.7 Å². The van der Waals surface area contributed by atoms with Crippen molar-refractivity contribution in [1.82, 2.24) is 10.6 Å². The van der Waals surface area contributed by atoms with Gasteiger partial charge in [-0.1, -0.05) is 25.0 Å². The number of carbonyl (C=O) groups excluding carboxylic acids is 3. The van der Waals surface area contributed by atoms with E-state index in [1.54, 1.807) is 19.9 Å². The molecule has 7 nitrogen and oxygen atoms in total. The van der Waals surface area contributed by atoms with Gasteiger partial charge in [0.1, 0.15) is 0 Å². The van der Waals surface area contributed by atoms with Crippen LogP contribution >= 0.6 is 0 Å². The Morgan fingerprint density at radius 2 is 1.71 bits per heavy atom. The smallest absolute Gasteiger partial charge is 0.331 e. The van der Waals surface area contributed by atoms with Crippen LogP contribution in [0.15, 0.2) is 30.3 Å². The molecular weight excluding hydrogens is 358 g/mol. The number of rotatable bonds is 6. The van der Waals surface area contributed by atoms with Gasteiger partial charge in [-0.25, -0.2) is 9.59 Å². The molecule has 0 saturated carbocycles. The van der Waals surface area contributed by atoms with E-state index in [-0.39, 0.29) is 6.04 Å².